The average molecular weight is 624 g/mol. The van der Waals surface area contributed by atoms with Gasteiger partial charge in [-0.3, -0.25) is 9.59 Å². The highest BCUT2D eigenvalue weighted by molar-refractivity contribution is 7.90. The molecule has 0 unspecified atom stereocenters. The Bertz CT molecular complexity index is 1460. The molecule has 12 heteroatoms. The van der Waals surface area contributed by atoms with Crippen LogP contribution in [0.5, 0.6) is 0 Å². The summed E-state index contributed by atoms with van der Waals surface area (Å²) in [7, 11) is -1.53. The van der Waals surface area contributed by atoms with Crippen molar-refractivity contribution < 1.29 is 22.4 Å². The molecular formula is C29H33Cl2FN4O4S. The molecule has 0 aliphatic carbocycles. The third-order valence-corrected chi connectivity index (χ3v) is 8.60. The van der Waals surface area contributed by atoms with E-state index in [0.29, 0.717) is 10.6 Å². The van der Waals surface area contributed by atoms with Crippen molar-refractivity contribution in [3.8, 4) is 0 Å². The van der Waals surface area contributed by atoms with Crippen molar-refractivity contribution in [2.75, 3.05) is 24.9 Å². The average Bonchev–Trinajstić information content (AvgIpc) is 2.90. The molecule has 0 aliphatic heterocycles. The number of benzene rings is 3. The Labute approximate surface area is 250 Å². The first-order chi connectivity index (χ1) is 19.3. The van der Waals surface area contributed by atoms with Crippen molar-refractivity contribution in [3.05, 3.63) is 99.8 Å². The van der Waals surface area contributed by atoms with Gasteiger partial charge in [-0.1, -0.05) is 59.6 Å². The van der Waals surface area contributed by atoms with Crippen LogP contribution < -0.4 is 9.62 Å². The fraction of sp³-hybridized carbons (Fsp3) is 0.310. The Hall–Kier alpha value is -3.18. The summed E-state index contributed by atoms with van der Waals surface area (Å²) in [6.45, 7) is 2.86. The van der Waals surface area contributed by atoms with Crippen LogP contribution in [-0.4, -0.2) is 62.2 Å². The van der Waals surface area contributed by atoms with E-state index in [1.165, 1.54) is 37.2 Å². The van der Waals surface area contributed by atoms with Gasteiger partial charge in [0.1, 0.15) is 18.4 Å². The zero-order chi connectivity index (χ0) is 30.3. The highest BCUT2D eigenvalue weighted by Crippen LogP contribution is 2.26. The van der Waals surface area contributed by atoms with E-state index in [2.05, 4.69) is 5.32 Å². The zero-order valence-electron chi connectivity index (χ0n) is 23.2. The van der Waals surface area contributed by atoms with Gasteiger partial charge in [0.15, 0.2) is 0 Å². The molecule has 3 rings (SSSR count). The van der Waals surface area contributed by atoms with E-state index in [0.717, 1.165) is 26.3 Å². The number of carbonyl (C=O) groups is 2. The van der Waals surface area contributed by atoms with Crippen molar-refractivity contribution in [3.63, 3.8) is 0 Å². The maximum atomic E-state index is 14.1. The molecule has 3 aromatic carbocycles. The van der Waals surface area contributed by atoms with E-state index in [1.54, 1.807) is 26.0 Å². The summed E-state index contributed by atoms with van der Waals surface area (Å²) in [4.78, 5) is 29.1. The Morgan fingerprint density at radius 3 is 2.15 bits per heavy atom. The first-order valence-electron chi connectivity index (χ1n) is 12.8. The zero-order valence-corrected chi connectivity index (χ0v) is 25.5. The number of carbonyl (C=O) groups excluding carboxylic acids is 2. The SMILES string of the molecule is CC(C)NC(=O)[C@H](Cc1ccccc1)N(Cc1ccc(Cl)cc1Cl)C(=O)CN(c1ccc(F)cc1)S(=O)(=O)N(C)C. The highest BCUT2D eigenvalue weighted by Gasteiger charge is 2.35. The molecule has 0 heterocycles. The number of nitrogens with one attached hydrogen (secondary N) is 1. The number of amides is 2. The summed E-state index contributed by atoms with van der Waals surface area (Å²) in [5.74, 6) is -1.63. The van der Waals surface area contributed by atoms with Crippen LogP contribution in [0, 0.1) is 5.82 Å². The van der Waals surface area contributed by atoms with Crippen LogP contribution >= 0.6 is 23.2 Å². The number of hydrogen-bond acceptors (Lipinski definition) is 4. The molecule has 1 N–H and O–H groups in total. The van der Waals surface area contributed by atoms with E-state index in [9.17, 15) is 22.4 Å². The number of nitrogens with zero attached hydrogens (tertiary/aromatic N) is 3. The first-order valence-corrected chi connectivity index (χ1v) is 15.0. The summed E-state index contributed by atoms with van der Waals surface area (Å²) in [6, 6.07) is 17.5. The second-order valence-electron chi connectivity index (χ2n) is 9.90. The van der Waals surface area contributed by atoms with Gasteiger partial charge in [-0.2, -0.15) is 12.7 Å². The van der Waals surface area contributed by atoms with Crippen molar-refractivity contribution in [2.45, 2.75) is 38.9 Å². The second kappa shape index (κ2) is 14.1. The van der Waals surface area contributed by atoms with E-state index < -0.39 is 40.4 Å². The van der Waals surface area contributed by atoms with Gasteiger partial charge in [-0.05, 0) is 61.4 Å². The minimum Gasteiger partial charge on any atom is -0.352 e. The standard InChI is InChI=1S/C29H33Cl2FN4O4S/c1-20(2)33-29(38)27(16-21-8-6-5-7-9-21)35(18-22-10-11-23(30)17-26(22)31)28(37)19-36(41(39,40)34(3)4)25-14-12-24(32)13-15-25/h5-15,17,20,27H,16,18-19H2,1-4H3,(H,33,38)/t27-/m0/s1. The lowest BCUT2D eigenvalue weighted by molar-refractivity contribution is -0.140. The molecule has 0 saturated carbocycles. The Morgan fingerprint density at radius 2 is 1.59 bits per heavy atom. The van der Waals surface area contributed by atoms with Gasteiger partial charge < -0.3 is 10.2 Å². The molecule has 0 fully saturated rings. The maximum Gasteiger partial charge on any atom is 0.304 e. The molecule has 3 aromatic rings. The van der Waals surface area contributed by atoms with Crippen molar-refractivity contribution in [2.24, 2.45) is 0 Å². The lowest BCUT2D eigenvalue weighted by atomic mass is 10.0. The number of anilines is 1. The monoisotopic (exact) mass is 622 g/mol. The number of halogens is 3. The number of hydrogen-bond donors (Lipinski definition) is 1. The van der Waals surface area contributed by atoms with E-state index >= 15 is 0 Å². The molecule has 1 atom stereocenters. The van der Waals surface area contributed by atoms with Crippen molar-refractivity contribution in [1.29, 1.82) is 0 Å². The summed E-state index contributed by atoms with van der Waals surface area (Å²) < 4.78 is 42.2. The van der Waals surface area contributed by atoms with E-state index in [1.807, 2.05) is 30.3 Å². The van der Waals surface area contributed by atoms with Gasteiger partial charge in [0.25, 0.3) is 0 Å². The lowest BCUT2D eigenvalue weighted by Gasteiger charge is -2.35. The summed E-state index contributed by atoms with van der Waals surface area (Å²) in [5.41, 5.74) is 1.40. The third kappa shape index (κ3) is 8.65. The molecule has 0 bridgehead atoms. The molecule has 0 aliphatic rings. The molecule has 220 valence electrons. The Kier molecular flexibility index (Phi) is 11.1. The van der Waals surface area contributed by atoms with Crippen LogP contribution in [0.3, 0.4) is 0 Å². The lowest BCUT2D eigenvalue weighted by Crippen LogP contribution is -2.55. The quantitative estimate of drug-likeness (QED) is 0.311. The Morgan fingerprint density at radius 1 is 0.951 bits per heavy atom. The Balaban J connectivity index is 2.12. The van der Waals surface area contributed by atoms with Crippen molar-refractivity contribution >= 4 is 50.9 Å². The first kappa shape index (κ1) is 32.3. The number of rotatable bonds is 12. The predicted molar refractivity (Wildman–Crippen MR) is 161 cm³/mol. The topological polar surface area (TPSA) is 90.0 Å². The fourth-order valence-corrected chi connectivity index (χ4v) is 5.62. The minimum atomic E-state index is -4.19. The van der Waals surface area contributed by atoms with Gasteiger partial charge in [-0.15, -0.1) is 0 Å². The molecule has 0 aromatic heterocycles. The predicted octanol–water partition coefficient (Wildman–Crippen LogP) is 4.91. The summed E-state index contributed by atoms with van der Waals surface area (Å²) in [6.07, 6.45) is 0.160. The van der Waals surface area contributed by atoms with Gasteiger partial charge in [0.05, 0.1) is 5.69 Å². The maximum absolute atomic E-state index is 14.1. The highest BCUT2D eigenvalue weighted by atomic mass is 35.5. The van der Waals surface area contributed by atoms with Crippen LogP contribution in [0.1, 0.15) is 25.0 Å². The van der Waals surface area contributed by atoms with Crippen LogP contribution in [0.25, 0.3) is 0 Å². The van der Waals surface area contributed by atoms with E-state index in [4.69, 9.17) is 23.2 Å². The van der Waals surface area contributed by atoms with Gasteiger partial charge in [0.2, 0.25) is 11.8 Å². The largest absolute Gasteiger partial charge is 0.352 e. The normalized spacial score (nSPS) is 12.3. The van der Waals surface area contributed by atoms with Gasteiger partial charge in [0, 0.05) is 43.1 Å². The molecule has 0 saturated heterocycles. The van der Waals surface area contributed by atoms with Crippen LogP contribution in [0.4, 0.5) is 10.1 Å². The van der Waals surface area contributed by atoms with Crippen LogP contribution in [0.15, 0.2) is 72.8 Å². The van der Waals surface area contributed by atoms with Crippen LogP contribution in [0.2, 0.25) is 10.0 Å². The van der Waals surface area contributed by atoms with Gasteiger partial charge >= 0.3 is 10.2 Å². The van der Waals surface area contributed by atoms with Gasteiger partial charge in [-0.25, -0.2) is 8.70 Å². The van der Waals surface area contributed by atoms with Crippen LogP contribution in [-0.2, 0) is 32.8 Å². The summed E-state index contributed by atoms with van der Waals surface area (Å²) >= 11 is 12.6. The third-order valence-electron chi connectivity index (χ3n) is 6.19. The molecular weight excluding hydrogens is 590 g/mol. The molecule has 0 spiro atoms. The van der Waals surface area contributed by atoms with Crippen molar-refractivity contribution in [1.82, 2.24) is 14.5 Å². The minimum absolute atomic E-state index is 0.0872. The molecule has 0 radical (unpaired) electrons. The fourth-order valence-electron chi connectivity index (χ4n) is 4.09. The smallest absolute Gasteiger partial charge is 0.304 e. The molecule has 8 nitrogen and oxygen atoms in total. The second-order valence-corrected chi connectivity index (χ2v) is 12.8. The molecule has 41 heavy (non-hydrogen) atoms. The molecule has 2 amide bonds. The summed E-state index contributed by atoms with van der Waals surface area (Å²) in [5, 5.41) is 3.56. The van der Waals surface area contributed by atoms with E-state index in [-0.39, 0.29) is 29.7 Å².